The Kier molecular flexibility index (Phi) is 5.45. The molecule has 1 aliphatic rings. The van der Waals surface area contributed by atoms with E-state index in [0.29, 0.717) is 52.5 Å². The van der Waals surface area contributed by atoms with Gasteiger partial charge in [0.1, 0.15) is 0 Å². The number of aromatic nitrogens is 3. The van der Waals surface area contributed by atoms with Crippen LogP contribution in [-0.4, -0.2) is 27.3 Å². The van der Waals surface area contributed by atoms with Crippen LogP contribution < -0.4 is 10.9 Å². The van der Waals surface area contributed by atoms with Crippen molar-refractivity contribution in [3.63, 3.8) is 0 Å². The molecule has 1 aliphatic carbocycles. The van der Waals surface area contributed by atoms with Crippen LogP contribution in [0.2, 0.25) is 5.02 Å². The molecule has 1 unspecified atom stereocenters. The van der Waals surface area contributed by atoms with Crippen molar-refractivity contribution in [1.82, 2.24) is 15.0 Å². The van der Waals surface area contributed by atoms with Crippen molar-refractivity contribution in [2.24, 2.45) is 0 Å². The SMILES string of the molecule is O=C1CC(c2cccc(Cl)c2)Cc2c1cnc1nc(NCCc3ccccc3)[nH]c(=O)c21. The molecular formula is C25H21ClN4O2. The van der Waals surface area contributed by atoms with Crippen molar-refractivity contribution in [1.29, 1.82) is 0 Å². The monoisotopic (exact) mass is 444 g/mol. The van der Waals surface area contributed by atoms with E-state index in [1.807, 2.05) is 42.5 Å². The van der Waals surface area contributed by atoms with Gasteiger partial charge < -0.3 is 5.32 Å². The smallest absolute Gasteiger partial charge is 0.262 e. The second kappa shape index (κ2) is 8.55. The lowest BCUT2D eigenvalue weighted by Gasteiger charge is -2.24. The van der Waals surface area contributed by atoms with Crippen LogP contribution in [0.4, 0.5) is 5.95 Å². The van der Waals surface area contributed by atoms with Crippen LogP contribution in [0.1, 0.15) is 39.4 Å². The van der Waals surface area contributed by atoms with Gasteiger partial charge in [-0.15, -0.1) is 0 Å². The van der Waals surface area contributed by atoms with Gasteiger partial charge >= 0.3 is 0 Å². The molecule has 0 spiro atoms. The number of ketones is 1. The summed E-state index contributed by atoms with van der Waals surface area (Å²) in [5, 5.41) is 4.18. The van der Waals surface area contributed by atoms with Crippen molar-refractivity contribution in [2.45, 2.75) is 25.2 Å². The molecule has 0 saturated carbocycles. The Morgan fingerprint density at radius 3 is 2.72 bits per heavy atom. The topological polar surface area (TPSA) is 87.7 Å². The molecule has 0 bridgehead atoms. The summed E-state index contributed by atoms with van der Waals surface area (Å²) in [6.07, 6.45) is 3.28. The Bertz CT molecular complexity index is 1370. The van der Waals surface area contributed by atoms with Gasteiger partial charge in [-0.1, -0.05) is 54.1 Å². The Labute approximate surface area is 189 Å². The van der Waals surface area contributed by atoms with Crippen molar-refractivity contribution in [2.75, 3.05) is 11.9 Å². The average Bonchev–Trinajstić information content (AvgIpc) is 2.79. The lowest BCUT2D eigenvalue weighted by atomic mass is 9.79. The van der Waals surface area contributed by atoms with Gasteiger partial charge in [0.25, 0.3) is 5.56 Å². The molecule has 0 fully saturated rings. The Hall–Kier alpha value is -3.51. The number of benzene rings is 2. The highest BCUT2D eigenvalue weighted by atomic mass is 35.5. The second-order valence-corrected chi connectivity index (χ2v) is 8.45. The van der Waals surface area contributed by atoms with Gasteiger partial charge in [-0.25, -0.2) is 4.98 Å². The fourth-order valence-corrected chi connectivity index (χ4v) is 4.52. The number of pyridine rings is 1. The first-order valence-corrected chi connectivity index (χ1v) is 10.9. The lowest BCUT2D eigenvalue weighted by Crippen LogP contribution is -2.23. The van der Waals surface area contributed by atoms with Gasteiger partial charge in [0.2, 0.25) is 5.95 Å². The largest absolute Gasteiger partial charge is 0.355 e. The van der Waals surface area contributed by atoms with Crippen LogP contribution in [0.5, 0.6) is 0 Å². The molecule has 2 aromatic heterocycles. The third-order valence-corrected chi connectivity index (χ3v) is 6.13. The number of H-pyrrole nitrogens is 1. The van der Waals surface area contributed by atoms with E-state index in [1.54, 1.807) is 6.20 Å². The first-order valence-electron chi connectivity index (χ1n) is 10.6. The molecule has 32 heavy (non-hydrogen) atoms. The number of hydrogen-bond donors (Lipinski definition) is 2. The van der Waals surface area contributed by atoms with Gasteiger partial charge in [0.05, 0.1) is 5.39 Å². The van der Waals surface area contributed by atoms with E-state index in [9.17, 15) is 9.59 Å². The maximum Gasteiger partial charge on any atom is 0.262 e. The molecule has 160 valence electrons. The average molecular weight is 445 g/mol. The van der Waals surface area contributed by atoms with E-state index in [0.717, 1.165) is 12.0 Å². The zero-order valence-electron chi connectivity index (χ0n) is 17.3. The lowest BCUT2D eigenvalue weighted by molar-refractivity contribution is 0.0964. The summed E-state index contributed by atoms with van der Waals surface area (Å²) in [7, 11) is 0. The van der Waals surface area contributed by atoms with Gasteiger partial charge in [0, 0.05) is 29.7 Å². The van der Waals surface area contributed by atoms with Gasteiger partial charge in [-0.2, -0.15) is 4.98 Å². The highest BCUT2D eigenvalue weighted by Crippen LogP contribution is 2.35. The zero-order valence-corrected chi connectivity index (χ0v) is 18.0. The van der Waals surface area contributed by atoms with E-state index in [1.165, 1.54) is 5.56 Å². The Morgan fingerprint density at radius 1 is 1.06 bits per heavy atom. The second-order valence-electron chi connectivity index (χ2n) is 8.01. The first-order chi connectivity index (χ1) is 15.6. The number of nitrogens with zero attached hydrogens (tertiary/aromatic N) is 2. The molecule has 1 atom stereocenters. The highest BCUT2D eigenvalue weighted by Gasteiger charge is 2.29. The summed E-state index contributed by atoms with van der Waals surface area (Å²) in [6, 6.07) is 17.6. The third kappa shape index (κ3) is 4.01. The van der Waals surface area contributed by atoms with E-state index in [-0.39, 0.29) is 17.3 Å². The maximum atomic E-state index is 13.0. The number of carbonyl (C=O) groups excluding carboxylic acids is 1. The highest BCUT2D eigenvalue weighted by molar-refractivity contribution is 6.30. The molecule has 0 amide bonds. The summed E-state index contributed by atoms with van der Waals surface area (Å²) in [5.74, 6) is 0.317. The summed E-state index contributed by atoms with van der Waals surface area (Å²) in [5.41, 5.74) is 3.45. The zero-order chi connectivity index (χ0) is 22.1. The van der Waals surface area contributed by atoms with Crippen LogP contribution in [0.3, 0.4) is 0 Å². The summed E-state index contributed by atoms with van der Waals surface area (Å²) in [4.78, 5) is 37.5. The van der Waals surface area contributed by atoms with Gasteiger partial charge in [-0.05, 0) is 47.6 Å². The summed E-state index contributed by atoms with van der Waals surface area (Å²) in [6.45, 7) is 0.624. The molecule has 0 radical (unpaired) electrons. The fourth-order valence-electron chi connectivity index (χ4n) is 4.32. The minimum atomic E-state index is -0.291. The molecule has 2 aromatic carbocycles. The number of nitrogens with one attached hydrogen (secondary N) is 2. The minimum Gasteiger partial charge on any atom is -0.355 e. The van der Waals surface area contributed by atoms with Crippen LogP contribution >= 0.6 is 11.6 Å². The first kappa shape index (κ1) is 20.4. The number of hydrogen-bond acceptors (Lipinski definition) is 5. The molecule has 6 nitrogen and oxygen atoms in total. The van der Waals surface area contributed by atoms with E-state index in [4.69, 9.17) is 11.6 Å². The van der Waals surface area contributed by atoms with E-state index >= 15 is 0 Å². The maximum absolute atomic E-state index is 13.0. The summed E-state index contributed by atoms with van der Waals surface area (Å²) >= 11 is 6.15. The van der Waals surface area contributed by atoms with Crippen molar-refractivity contribution in [3.05, 3.63) is 98.4 Å². The molecule has 5 rings (SSSR count). The van der Waals surface area contributed by atoms with Crippen molar-refractivity contribution < 1.29 is 4.79 Å². The molecule has 2 N–H and O–H groups in total. The van der Waals surface area contributed by atoms with Gasteiger partial charge in [-0.3, -0.25) is 14.6 Å². The normalized spacial score (nSPS) is 15.5. The fraction of sp³-hybridized carbons (Fsp3) is 0.200. The number of carbonyl (C=O) groups is 1. The molecule has 4 aromatic rings. The molecule has 0 saturated heterocycles. The predicted molar refractivity (Wildman–Crippen MR) is 126 cm³/mol. The van der Waals surface area contributed by atoms with Crippen LogP contribution in [-0.2, 0) is 12.8 Å². The van der Waals surface area contributed by atoms with Crippen LogP contribution in [0, 0.1) is 0 Å². The van der Waals surface area contributed by atoms with Crippen molar-refractivity contribution in [3.8, 4) is 0 Å². The molecular weight excluding hydrogens is 424 g/mol. The standard InChI is InChI=1S/C25H21ClN4O2/c26-18-8-4-7-16(11-18)17-12-19-20(21(31)13-17)14-28-23-22(19)24(32)30-25(29-23)27-10-9-15-5-2-1-3-6-15/h1-8,11,14,17H,9-10,12-13H2,(H2,27,28,29,30,32). The number of fused-ring (bicyclic) bond motifs is 3. The van der Waals surface area contributed by atoms with E-state index in [2.05, 4.69) is 32.4 Å². The Balaban J connectivity index is 1.45. The van der Waals surface area contributed by atoms with E-state index < -0.39 is 0 Å². The molecule has 0 aliphatic heterocycles. The quantitative estimate of drug-likeness (QED) is 0.472. The third-order valence-electron chi connectivity index (χ3n) is 5.89. The minimum absolute atomic E-state index is 0.0184. The van der Waals surface area contributed by atoms with Gasteiger partial charge in [0.15, 0.2) is 11.4 Å². The Morgan fingerprint density at radius 2 is 1.91 bits per heavy atom. The number of Topliss-reactive ketones (excluding diaryl/α,β-unsaturated/α-hetero) is 1. The molecule has 7 heteroatoms. The number of rotatable bonds is 5. The summed E-state index contributed by atoms with van der Waals surface area (Å²) < 4.78 is 0. The van der Waals surface area contributed by atoms with Crippen LogP contribution in [0.15, 0.2) is 65.6 Å². The van der Waals surface area contributed by atoms with Crippen LogP contribution in [0.25, 0.3) is 11.0 Å². The number of aromatic amines is 1. The predicted octanol–water partition coefficient (Wildman–Crippen LogP) is 4.54. The number of anilines is 1. The van der Waals surface area contributed by atoms with Crippen molar-refractivity contribution >= 4 is 34.4 Å². The number of halogens is 1. The molecule has 2 heterocycles.